The molecule has 0 aliphatic heterocycles. The fourth-order valence-electron chi connectivity index (χ4n) is 7.21. The van der Waals surface area contributed by atoms with Gasteiger partial charge in [-0.25, -0.2) is 0 Å². The Labute approximate surface area is 319 Å². The van der Waals surface area contributed by atoms with Gasteiger partial charge in [-0.3, -0.25) is 0 Å². The van der Waals surface area contributed by atoms with Crippen LogP contribution in [0.3, 0.4) is 0 Å². The summed E-state index contributed by atoms with van der Waals surface area (Å²) < 4.78 is 37.5. The molecule has 0 saturated heterocycles. The highest BCUT2D eigenvalue weighted by atomic mass is 16.5. The lowest BCUT2D eigenvalue weighted by molar-refractivity contribution is 0.269. The zero-order valence-electron chi connectivity index (χ0n) is 32.9. The van der Waals surface area contributed by atoms with Crippen molar-refractivity contribution in [2.24, 2.45) is 0 Å². The Morgan fingerprint density at radius 3 is 0.519 bits per heavy atom. The summed E-state index contributed by atoms with van der Waals surface area (Å²) in [7, 11) is 0. The van der Waals surface area contributed by atoms with Crippen LogP contribution in [0.4, 0.5) is 0 Å². The van der Waals surface area contributed by atoms with Crippen molar-refractivity contribution in [1.29, 1.82) is 0 Å². The van der Waals surface area contributed by atoms with Crippen LogP contribution in [0.25, 0.3) is 64.6 Å². The largest absolute Gasteiger partial charge is 0.490 e. The van der Waals surface area contributed by atoms with Crippen molar-refractivity contribution in [1.82, 2.24) is 0 Å². The Balaban J connectivity index is 1.57. The van der Waals surface area contributed by atoms with Gasteiger partial charge in [-0.2, -0.15) is 0 Å². The van der Waals surface area contributed by atoms with Gasteiger partial charge in [0.1, 0.15) is 0 Å². The van der Waals surface area contributed by atoms with Gasteiger partial charge in [0, 0.05) is 0 Å². The lowest BCUT2D eigenvalue weighted by Gasteiger charge is -2.18. The molecule has 54 heavy (non-hydrogen) atoms. The minimum absolute atomic E-state index is 0.635. The van der Waals surface area contributed by atoms with Gasteiger partial charge in [-0.05, 0) is 176 Å². The average molecular weight is 727 g/mol. The summed E-state index contributed by atoms with van der Waals surface area (Å²) in [4.78, 5) is 0. The molecule has 0 aromatic heterocycles. The fourth-order valence-corrected chi connectivity index (χ4v) is 7.21. The van der Waals surface area contributed by atoms with Gasteiger partial charge in [-0.15, -0.1) is 0 Å². The second-order valence-corrected chi connectivity index (χ2v) is 14.2. The Morgan fingerprint density at radius 1 is 0.241 bits per heavy atom. The van der Waals surface area contributed by atoms with Crippen molar-refractivity contribution in [3.05, 3.63) is 72.8 Å². The summed E-state index contributed by atoms with van der Waals surface area (Å²) in [5, 5.41) is 13.8. The molecule has 7 aromatic carbocycles. The number of fused-ring (bicyclic) bond motifs is 9. The van der Waals surface area contributed by atoms with Gasteiger partial charge >= 0.3 is 0 Å². The molecular weight excluding hydrogens is 673 g/mol. The Morgan fingerprint density at radius 2 is 0.389 bits per heavy atom. The monoisotopic (exact) mass is 726 g/mol. The van der Waals surface area contributed by atoms with Crippen molar-refractivity contribution < 1.29 is 28.4 Å². The first-order chi connectivity index (χ1) is 26.5. The Hall–Kier alpha value is -5.10. The van der Waals surface area contributed by atoms with Gasteiger partial charge < -0.3 is 28.4 Å². The van der Waals surface area contributed by atoms with E-state index in [-0.39, 0.29) is 0 Å². The van der Waals surface area contributed by atoms with E-state index < -0.39 is 0 Å². The van der Waals surface area contributed by atoms with E-state index in [9.17, 15) is 0 Å². The highest BCUT2D eigenvalue weighted by Crippen LogP contribution is 2.45. The van der Waals surface area contributed by atoms with Gasteiger partial charge in [0.15, 0.2) is 34.5 Å². The molecule has 0 aliphatic carbocycles. The maximum Gasteiger partial charge on any atom is 0.161 e. The number of rotatable bonds is 18. The third-order valence-corrected chi connectivity index (χ3v) is 9.76. The minimum atomic E-state index is 0.635. The van der Waals surface area contributed by atoms with Gasteiger partial charge in [0.2, 0.25) is 0 Å². The van der Waals surface area contributed by atoms with Crippen molar-refractivity contribution in [3.8, 4) is 34.5 Å². The molecule has 0 unspecified atom stereocenters. The standard InChI is InChI=1S/C48H54O6/c1-7-13-49-43-25-31-19-37-38(20-32(31)26-44(43)50-14-8-2)40-22-34-28-46(52-16-10-4)48(54-18-12-6)30-36(34)24-42(40)41-23-35-29-47(53-17-11-5)45(51-15-9-3)27-33(35)21-39(37)41/h19-30H,7-18H2,1-6H3. The van der Waals surface area contributed by atoms with Crippen LogP contribution in [0.5, 0.6) is 34.5 Å². The molecule has 0 saturated carbocycles. The molecule has 6 heteroatoms. The van der Waals surface area contributed by atoms with E-state index in [1.54, 1.807) is 0 Å². The predicted molar refractivity (Wildman–Crippen MR) is 226 cm³/mol. The lowest BCUT2D eigenvalue weighted by atomic mass is 9.89. The van der Waals surface area contributed by atoms with E-state index in [1.165, 1.54) is 32.3 Å². The number of hydrogen-bond acceptors (Lipinski definition) is 6. The molecule has 0 spiro atoms. The van der Waals surface area contributed by atoms with Crippen molar-refractivity contribution >= 4 is 64.6 Å². The fraction of sp³-hybridized carbons (Fsp3) is 0.375. The summed E-state index contributed by atoms with van der Waals surface area (Å²) in [6.45, 7) is 16.6. The van der Waals surface area contributed by atoms with E-state index in [0.29, 0.717) is 39.6 Å². The zero-order chi connectivity index (χ0) is 37.6. The molecule has 0 N–H and O–H groups in total. The molecule has 282 valence electrons. The second kappa shape index (κ2) is 16.9. The second-order valence-electron chi connectivity index (χ2n) is 14.2. The van der Waals surface area contributed by atoms with Crippen molar-refractivity contribution in [2.45, 2.75) is 80.1 Å². The van der Waals surface area contributed by atoms with Crippen molar-refractivity contribution in [2.75, 3.05) is 39.6 Å². The topological polar surface area (TPSA) is 55.4 Å². The Kier molecular flexibility index (Phi) is 11.7. The van der Waals surface area contributed by atoms with Crippen molar-refractivity contribution in [3.63, 3.8) is 0 Å². The van der Waals surface area contributed by atoms with E-state index in [2.05, 4.69) is 114 Å². The SMILES string of the molecule is CCCOc1cc2cc3c4cc5cc(OCCC)c(OCCC)cc5cc4c4cc5cc(OCCC)c(OCCC)cc5cc4c3cc2cc1OCCC. The number of benzene rings is 7. The highest BCUT2D eigenvalue weighted by Gasteiger charge is 2.18. The maximum atomic E-state index is 6.25. The van der Waals surface area contributed by atoms with Gasteiger partial charge in [0.25, 0.3) is 0 Å². The van der Waals surface area contributed by atoms with E-state index >= 15 is 0 Å². The molecule has 0 amide bonds. The van der Waals surface area contributed by atoms with Crippen LogP contribution in [0, 0.1) is 0 Å². The third kappa shape index (κ3) is 7.48. The molecule has 0 aliphatic rings. The summed E-state index contributed by atoms with van der Waals surface area (Å²) in [5.74, 6) is 4.73. The van der Waals surface area contributed by atoms with Crippen LogP contribution in [0.1, 0.15) is 80.1 Å². The van der Waals surface area contributed by atoms with E-state index in [1.807, 2.05) is 0 Å². The van der Waals surface area contributed by atoms with E-state index in [4.69, 9.17) is 28.4 Å². The molecular formula is C48H54O6. The quantitative estimate of drug-likeness (QED) is 0.0648. The maximum absolute atomic E-state index is 6.25. The smallest absolute Gasteiger partial charge is 0.161 e. The summed E-state index contributed by atoms with van der Waals surface area (Å²) >= 11 is 0. The third-order valence-electron chi connectivity index (χ3n) is 9.76. The Bertz CT molecular complexity index is 1960. The first-order valence-electron chi connectivity index (χ1n) is 20.1. The molecule has 0 radical (unpaired) electrons. The molecule has 0 bridgehead atoms. The molecule has 7 rings (SSSR count). The normalized spacial score (nSPS) is 11.7. The van der Waals surface area contributed by atoms with Crippen LogP contribution < -0.4 is 28.4 Å². The summed E-state index contributed by atoms with van der Waals surface area (Å²) in [6.07, 6.45) is 5.54. The first kappa shape index (κ1) is 37.2. The highest BCUT2D eigenvalue weighted by molar-refractivity contribution is 6.30. The van der Waals surface area contributed by atoms with Crippen LogP contribution >= 0.6 is 0 Å². The lowest BCUT2D eigenvalue weighted by Crippen LogP contribution is -2.01. The van der Waals surface area contributed by atoms with E-state index in [0.717, 1.165) is 105 Å². The predicted octanol–water partition coefficient (Wildman–Crippen LogP) is 13.3. The first-order valence-corrected chi connectivity index (χ1v) is 20.1. The molecule has 0 fully saturated rings. The van der Waals surface area contributed by atoms with Crippen LogP contribution in [0.2, 0.25) is 0 Å². The number of ether oxygens (including phenoxy) is 6. The van der Waals surface area contributed by atoms with Crippen LogP contribution in [0.15, 0.2) is 72.8 Å². The summed E-state index contributed by atoms with van der Waals surface area (Å²) in [6, 6.07) is 26.9. The van der Waals surface area contributed by atoms with Crippen LogP contribution in [-0.2, 0) is 0 Å². The molecule has 7 aromatic rings. The van der Waals surface area contributed by atoms with Gasteiger partial charge in [0.05, 0.1) is 39.6 Å². The summed E-state index contributed by atoms with van der Waals surface area (Å²) in [5.41, 5.74) is 0. The molecule has 0 heterocycles. The average Bonchev–Trinajstić information content (AvgIpc) is 3.19. The number of hydrogen-bond donors (Lipinski definition) is 0. The zero-order valence-corrected chi connectivity index (χ0v) is 32.9. The molecule has 6 nitrogen and oxygen atoms in total. The van der Waals surface area contributed by atoms with Gasteiger partial charge in [-0.1, -0.05) is 41.5 Å². The molecule has 0 atom stereocenters. The minimum Gasteiger partial charge on any atom is -0.490 e. The van der Waals surface area contributed by atoms with Crippen LogP contribution in [-0.4, -0.2) is 39.6 Å².